The molecule has 1 rings (SSSR count). The van der Waals surface area contributed by atoms with Gasteiger partial charge in [0.05, 0.1) is 0 Å². The summed E-state index contributed by atoms with van der Waals surface area (Å²) in [7, 11) is 0. The molecule has 0 aromatic heterocycles. The molecule has 1 aliphatic rings. The van der Waals surface area contributed by atoms with Gasteiger partial charge in [-0.1, -0.05) is 40.0 Å². The van der Waals surface area contributed by atoms with Gasteiger partial charge in [-0.25, -0.2) is 0 Å². The third-order valence-electron chi connectivity index (χ3n) is 5.07. The van der Waals surface area contributed by atoms with E-state index >= 15 is 0 Å². The summed E-state index contributed by atoms with van der Waals surface area (Å²) >= 11 is 0. The number of nitrogens with two attached hydrogens (primary N) is 1. The van der Waals surface area contributed by atoms with E-state index < -0.39 is 0 Å². The first kappa shape index (κ1) is 26.6. The second-order valence-electron chi connectivity index (χ2n) is 7.68. The molecule has 0 aromatic carbocycles. The summed E-state index contributed by atoms with van der Waals surface area (Å²) < 4.78 is 5.26. The Hall–Kier alpha value is -1.43. The summed E-state index contributed by atoms with van der Waals surface area (Å²) in [5.74, 6) is 0.844. The Kier molecular flexibility index (Phi) is 16.8. The Bertz CT molecular complexity index is 445. The monoisotopic (exact) mass is 402 g/mol. The van der Waals surface area contributed by atoms with Gasteiger partial charge in [0.15, 0.2) is 0 Å². The highest BCUT2D eigenvalue weighted by atomic mass is 16.5. The van der Waals surface area contributed by atoms with Crippen molar-refractivity contribution in [1.82, 2.24) is 5.32 Å². The lowest BCUT2D eigenvalue weighted by atomic mass is 9.81. The lowest BCUT2D eigenvalue weighted by Crippen LogP contribution is -2.25. The van der Waals surface area contributed by atoms with Crippen molar-refractivity contribution in [2.45, 2.75) is 91.4 Å². The number of amides is 2. The highest BCUT2D eigenvalue weighted by Crippen LogP contribution is 2.27. The van der Waals surface area contributed by atoms with Crippen molar-refractivity contribution in [2.75, 3.05) is 19.8 Å². The van der Waals surface area contributed by atoms with Gasteiger partial charge in [0.1, 0.15) is 5.78 Å². The van der Waals surface area contributed by atoms with Crippen LogP contribution in [0.25, 0.3) is 0 Å². The average molecular weight is 403 g/mol. The third-order valence-corrected chi connectivity index (χ3v) is 5.07. The number of ketones is 1. The molecule has 28 heavy (non-hydrogen) atoms. The molecule has 1 aliphatic carbocycles. The fourth-order valence-corrected chi connectivity index (χ4v) is 3.15. The quantitative estimate of drug-likeness (QED) is 0.450. The van der Waals surface area contributed by atoms with Crippen LogP contribution in [0.2, 0.25) is 0 Å². The molecule has 6 heteroatoms. The van der Waals surface area contributed by atoms with E-state index in [9.17, 15) is 14.4 Å². The van der Waals surface area contributed by atoms with Crippen LogP contribution in [0, 0.1) is 11.8 Å². The zero-order chi connectivity index (χ0) is 21.2. The first-order valence-corrected chi connectivity index (χ1v) is 11.1. The normalized spacial score (nSPS) is 15.2. The topological polar surface area (TPSA) is 98.5 Å². The molecular formula is C22H46N2O4. The Morgan fingerprint density at radius 2 is 1.75 bits per heavy atom. The molecule has 0 radical (unpaired) electrons. The van der Waals surface area contributed by atoms with E-state index in [1.807, 2.05) is 0 Å². The summed E-state index contributed by atoms with van der Waals surface area (Å²) in [6.07, 6.45) is 10.2. The van der Waals surface area contributed by atoms with E-state index in [4.69, 9.17) is 10.5 Å². The summed E-state index contributed by atoms with van der Waals surface area (Å²) in [6.45, 7) is 8.30. The molecule has 6 nitrogen and oxygen atoms in total. The second kappa shape index (κ2) is 17.7. The largest absolute Gasteiger partial charge is 0.381 e. The highest BCUT2D eigenvalue weighted by Gasteiger charge is 2.23. The smallest absolute Gasteiger partial charge is 0.220 e. The van der Waals surface area contributed by atoms with Gasteiger partial charge in [0.25, 0.3) is 0 Å². The van der Waals surface area contributed by atoms with E-state index in [-0.39, 0.29) is 21.1 Å². The predicted octanol–water partition coefficient (Wildman–Crippen LogP) is 4.25. The van der Waals surface area contributed by atoms with E-state index in [1.54, 1.807) is 0 Å². The Morgan fingerprint density at radius 3 is 2.32 bits per heavy atom. The zero-order valence-electron chi connectivity index (χ0n) is 18.3. The molecular weight excluding hydrogens is 356 g/mol. The van der Waals surface area contributed by atoms with Crippen LogP contribution in [0.1, 0.15) is 94.3 Å². The van der Waals surface area contributed by atoms with Gasteiger partial charge in [-0.05, 0) is 38.5 Å². The van der Waals surface area contributed by atoms with Crippen molar-refractivity contribution < 1.29 is 22.0 Å². The van der Waals surface area contributed by atoms with E-state index in [0.717, 1.165) is 38.7 Å². The molecule has 1 fully saturated rings. The van der Waals surface area contributed by atoms with Crippen molar-refractivity contribution in [3.63, 3.8) is 0 Å². The van der Waals surface area contributed by atoms with Gasteiger partial charge in [-0.15, -0.1) is 0 Å². The molecule has 0 bridgehead atoms. The van der Waals surface area contributed by atoms with Crippen molar-refractivity contribution >= 4 is 17.6 Å². The average Bonchev–Trinajstić information content (AvgIpc) is 2.70. The summed E-state index contributed by atoms with van der Waals surface area (Å²) in [5, 5.41) is 2.76. The Labute approximate surface area is 174 Å². The predicted molar refractivity (Wildman–Crippen MR) is 117 cm³/mol. The van der Waals surface area contributed by atoms with Crippen LogP contribution in [0.5, 0.6) is 0 Å². The second-order valence-corrected chi connectivity index (χ2v) is 7.68. The Morgan fingerprint density at radius 1 is 1.07 bits per heavy atom. The van der Waals surface area contributed by atoms with Crippen LogP contribution >= 0.6 is 0 Å². The van der Waals surface area contributed by atoms with Gasteiger partial charge in [0, 0.05) is 47.3 Å². The maximum atomic E-state index is 11.7. The number of carbonyl (C=O) groups is 3. The number of Topliss-reactive ketones (excluding diaryl/α,β-unsaturated/α-hetero) is 1. The molecule has 2 amide bonds. The molecule has 1 saturated carbocycles. The third kappa shape index (κ3) is 14.6. The maximum absolute atomic E-state index is 11.7. The van der Waals surface area contributed by atoms with Crippen LogP contribution in [-0.2, 0) is 19.1 Å². The molecule has 0 aromatic rings. The van der Waals surface area contributed by atoms with Crippen LogP contribution in [0.4, 0.5) is 0 Å². The molecule has 168 valence electrons. The number of hydrogen-bond acceptors (Lipinski definition) is 4. The standard InChI is InChI=1S/C11H22N2O3.C11H20O.2H2/c1-2-8-16-9-4-7-13-11(15)6-3-5-10(12)14;1-3-9(2)11(12)10-7-5-4-6-8-10;;/h2-9H2,1H3,(H2,12,14)(H,13,15);9-10H,3-8H2,1-2H3;2*1H. The number of carbonyl (C=O) groups excluding carboxylic acids is 3. The molecule has 0 saturated heterocycles. The van der Waals surface area contributed by atoms with Crippen molar-refractivity contribution in [3.05, 3.63) is 0 Å². The fourth-order valence-electron chi connectivity index (χ4n) is 3.15. The summed E-state index contributed by atoms with van der Waals surface area (Å²) in [5.41, 5.74) is 4.96. The molecule has 1 atom stereocenters. The van der Waals surface area contributed by atoms with E-state index in [1.165, 1.54) is 19.3 Å². The fraction of sp³-hybridized carbons (Fsp3) is 0.864. The first-order valence-electron chi connectivity index (χ1n) is 11.1. The minimum atomic E-state index is -0.360. The lowest BCUT2D eigenvalue weighted by molar-refractivity contribution is -0.127. The molecule has 0 aliphatic heterocycles. The van der Waals surface area contributed by atoms with E-state index in [2.05, 4.69) is 26.1 Å². The summed E-state index contributed by atoms with van der Waals surface area (Å²) in [4.78, 5) is 33.4. The van der Waals surface area contributed by atoms with Crippen molar-refractivity contribution in [1.29, 1.82) is 0 Å². The number of ether oxygens (including phenoxy) is 1. The van der Waals surface area contributed by atoms with Crippen molar-refractivity contribution in [2.24, 2.45) is 17.6 Å². The van der Waals surface area contributed by atoms with Crippen molar-refractivity contribution in [3.8, 4) is 0 Å². The number of hydrogen-bond donors (Lipinski definition) is 2. The first-order chi connectivity index (χ1) is 13.4. The highest BCUT2D eigenvalue weighted by molar-refractivity contribution is 5.83. The van der Waals surface area contributed by atoms with E-state index in [0.29, 0.717) is 43.6 Å². The van der Waals surface area contributed by atoms with Crippen LogP contribution in [0.3, 0.4) is 0 Å². The number of primary amides is 1. The maximum Gasteiger partial charge on any atom is 0.220 e. The molecule has 3 N–H and O–H groups in total. The van der Waals surface area contributed by atoms with Gasteiger partial charge in [-0.3, -0.25) is 14.4 Å². The summed E-state index contributed by atoms with van der Waals surface area (Å²) in [6, 6.07) is 0. The SMILES string of the molecule is CCC(C)C(=O)C1CCCCC1.CCCOCCCNC(=O)CCCC(N)=O.[HH].[HH]. The lowest BCUT2D eigenvalue weighted by Gasteiger charge is -2.22. The van der Waals surface area contributed by atoms with Crippen LogP contribution in [-0.4, -0.2) is 37.4 Å². The van der Waals surface area contributed by atoms with Crippen LogP contribution in [0.15, 0.2) is 0 Å². The van der Waals surface area contributed by atoms with Gasteiger partial charge in [0.2, 0.25) is 11.8 Å². The van der Waals surface area contributed by atoms with Gasteiger partial charge >= 0.3 is 0 Å². The number of rotatable bonds is 13. The Balaban J connectivity index is -0.000000469. The zero-order valence-corrected chi connectivity index (χ0v) is 18.3. The molecule has 1 unspecified atom stereocenters. The van der Waals surface area contributed by atoms with Gasteiger partial charge in [-0.2, -0.15) is 0 Å². The molecule has 0 spiro atoms. The minimum Gasteiger partial charge on any atom is -0.381 e. The van der Waals surface area contributed by atoms with Crippen LogP contribution < -0.4 is 11.1 Å². The van der Waals surface area contributed by atoms with Gasteiger partial charge < -0.3 is 15.8 Å². The molecule has 0 heterocycles. The number of nitrogens with one attached hydrogen (secondary N) is 1. The minimum absolute atomic E-state index is 0.